The van der Waals surface area contributed by atoms with Gasteiger partial charge in [0.2, 0.25) is 0 Å². The summed E-state index contributed by atoms with van der Waals surface area (Å²) in [4.78, 5) is 32.3. The Morgan fingerprint density at radius 1 is 0.814 bits per heavy atom. The summed E-state index contributed by atoms with van der Waals surface area (Å²) in [5, 5.41) is 17.9. The van der Waals surface area contributed by atoms with E-state index in [9.17, 15) is 23.3 Å². The molecule has 0 unspecified atom stereocenters. The lowest BCUT2D eigenvalue weighted by atomic mass is 9.94. The van der Waals surface area contributed by atoms with Gasteiger partial charge in [0.25, 0.3) is 21.6 Å². The van der Waals surface area contributed by atoms with E-state index in [1.165, 1.54) is 39.6 Å². The Labute approximate surface area is 350 Å². The average molecular weight is 829 g/mol. The number of nitrogens with one attached hydrogen (secondary N) is 2. The smallest absolute Gasteiger partial charge is 0.293 e. The van der Waals surface area contributed by atoms with Crippen LogP contribution >= 0.6 is 11.8 Å². The third kappa shape index (κ3) is 10.5. The average Bonchev–Trinajstić information content (AvgIpc) is 3.25. The highest BCUT2D eigenvalue weighted by molar-refractivity contribution is 7.99. The van der Waals surface area contributed by atoms with Crippen LogP contribution in [0.2, 0.25) is 0 Å². The van der Waals surface area contributed by atoms with Crippen molar-refractivity contribution < 1.29 is 18.1 Å². The molecule has 1 aliphatic heterocycles. The minimum atomic E-state index is -4.43. The van der Waals surface area contributed by atoms with Crippen LogP contribution in [0.4, 0.5) is 17.1 Å². The van der Waals surface area contributed by atoms with Crippen LogP contribution in [-0.2, 0) is 16.6 Å². The summed E-state index contributed by atoms with van der Waals surface area (Å²) >= 11 is 1.64. The van der Waals surface area contributed by atoms with Crippen LogP contribution in [0.1, 0.15) is 22.3 Å². The van der Waals surface area contributed by atoms with Crippen LogP contribution in [0.5, 0.6) is 0 Å². The fourth-order valence-electron chi connectivity index (χ4n) is 7.35. The first kappa shape index (κ1) is 41.4. The number of piperazine rings is 1. The van der Waals surface area contributed by atoms with Gasteiger partial charge in [-0.05, 0) is 103 Å². The van der Waals surface area contributed by atoms with Gasteiger partial charge >= 0.3 is 0 Å². The zero-order chi connectivity index (χ0) is 41.4. The summed E-state index contributed by atoms with van der Waals surface area (Å²) in [5.41, 5.74) is 4.66. The number of nitro groups is 1. The Hall–Kier alpha value is -5.73. The predicted octanol–water partition coefficient (Wildman–Crippen LogP) is 8.38. The van der Waals surface area contributed by atoms with Crippen LogP contribution in [-0.4, -0.2) is 87.7 Å². The molecule has 7 rings (SSSR count). The summed E-state index contributed by atoms with van der Waals surface area (Å²) in [6.07, 6.45) is 0.706. The molecule has 0 bridgehead atoms. The molecule has 13 heteroatoms. The van der Waals surface area contributed by atoms with E-state index >= 15 is 0 Å². The largest absolute Gasteiger partial charge is 0.376 e. The SMILES string of the molecule is CN(C)CC[C@H](CSc1ccccc1)Nc1ccc(S(=O)(=O)NC(=O)c2ccc(N3CCN(Cc4ccccc4-c4cccc5ccccc45)CC3)cc2)cc1[N+](=O)[O-]. The first-order chi connectivity index (χ1) is 28.5. The molecule has 11 nitrogen and oxygen atoms in total. The van der Waals surface area contributed by atoms with E-state index in [1.54, 1.807) is 23.9 Å². The molecule has 1 atom stereocenters. The molecule has 0 spiro atoms. The first-order valence-electron chi connectivity index (χ1n) is 19.6. The zero-order valence-electron chi connectivity index (χ0n) is 33.2. The van der Waals surface area contributed by atoms with Crippen molar-refractivity contribution in [3.63, 3.8) is 0 Å². The maximum absolute atomic E-state index is 13.4. The fourth-order valence-corrected chi connectivity index (χ4v) is 9.33. The van der Waals surface area contributed by atoms with Crippen molar-refractivity contribution in [3.8, 4) is 11.1 Å². The molecule has 0 saturated carbocycles. The van der Waals surface area contributed by atoms with Gasteiger partial charge in [-0.1, -0.05) is 84.9 Å². The molecule has 0 radical (unpaired) electrons. The number of fused-ring (bicyclic) bond motifs is 1. The van der Waals surface area contributed by atoms with E-state index in [0.717, 1.165) is 55.9 Å². The molecule has 1 saturated heterocycles. The summed E-state index contributed by atoms with van der Waals surface area (Å²) in [6.45, 7) is 4.88. The second-order valence-corrected chi connectivity index (χ2v) is 17.7. The van der Waals surface area contributed by atoms with E-state index < -0.39 is 26.5 Å². The molecule has 6 aromatic rings. The number of carbonyl (C=O) groups excluding carboxylic acids is 1. The standard InChI is InChI=1S/C46H48N6O5S2/c1-49(2)26-25-37(33-58-39-14-4-3-5-15-39)47-44-24-23-40(31-45(44)52(54)55)59(56,57)48-46(53)35-19-21-38(22-20-35)51-29-27-50(28-30-51)32-36-12-7-9-17-42(36)43-18-10-13-34-11-6-8-16-41(34)43/h3-24,31,37,47H,25-30,32-33H2,1-2H3,(H,48,53)/t37-/m1/s1. The van der Waals surface area contributed by atoms with Crippen molar-refractivity contribution in [3.05, 3.63) is 161 Å². The molecular formula is C46H48N6O5S2. The molecule has 1 heterocycles. The van der Waals surface area contributed by atoms with Gasteiger partial charge in [-0.2, -0.15) is 0 Å². The van der Waals surface area contributed by atoms with E-state index in [0.29, 0.717) is 12.2 Å². The number of sulfonamides is 1. The summed E-state index contributed by atoms with van der Waals surface area (Å²) < 4.78 is 28.9. The van der Waals surface area contributed by atoms with Gasteiger partial charge in [-0.3, -0.25) is 19.8 Å². The van der Waals surface area contributed by atoms with Crippen molar-refractivity contribution in [2.45, 2.75) is 28.8 Å². The number of anilines is 2. The number of hydrogen-bond donors (Lipinski definition) is 2. The van der Waals surface area contributed by atoms with Crippen molar-refractivity contribution >= 4 is 55.5 Å². The number of benzene rings is 6. The van der Waals surface area contributed by atoms with Crippen LogP contribution in [0.15, 0.2) is 149 Å². The van der Waals surface area contributed by atoms with E-state index in [1.807, 2.05) is 61.5 Å². The molecule has 6 aromatic carbocycles. The zero-order valence-corrected chi connectivity index (χ0v) is 34.8. The Balaban J connectivity index is 0.963. The molecule has 1 aliphatic rings. The van der Waals surface area contributed by atoms with Gasteiger partial charge in [-0.25, -0.2) is 13.1 Å². The van der Waals surface area contributed by atoms with Crippen LogP contribution in [0.3, 0.4) is 0 Å². The Kier molecular flexibility index (Phi) is 13.3. The fraction of sp³-hybridized carbons (Fsp3) is 0.239. The van der Waals surface area contributed by atoms with Gasteiger partial charge < -0.3 is 15.1 Å². The van der Waals surface area contributed by atoms with Gasteiger partial charge in [0.05, 0.1) is 9.82 Å². The van der Waals surface area contributed by atoms with Crippen LogP contribution < -0.4 is 14.9 Å². The van der Waals surface area contributed by atoms with Gasteiger partial charge in [-0.15, -0.1) is 11.8 Å². The number of nitro benzene ring substituents is 1. The highest BCUT2D eigenvalue weighted by Gasteiger charge is 2.26. The van der Waals surface area contributed by atoms with Gasteiger partial charge in [0.15, 0.2) is 0 Å². The first-order valence-corrected chi connectivity index (χ1v) is 22.1. The number of hydrogen-bond acceptors (Lipinski definition) is 10. The Bertz CT molecular complexity index is 2500. The van der Waals surface area contributed by atoms with Gasteiger partial charge in [0.1, 0.15) is 5.69 Å². The monoisotopic (exact) mass is 828 g/mol. The molecule has 1 fully saturated rings. The summed E-state index contributed by atoms with van der Waals surface area (Å²) in [5.74, 6) is -0.180. The van der Waals surface area contributed by atoms with Crippen molar-refractivity contribution in [2.24, 2.45) is 0 Å². The lowest BCUT2D eigenvalue weighted by Crippen LogP contribution is -2.46. The molecule has 2 N–H and O–H groups in total. The normalized spacial score (nSPS) is 14.0. The third-order valence-corrected chi connectivity index (χ3v) is 13.0. The number of amides is 1. The topological polar surface area (TPSA) is 128 Å². The number of thioether (sulfide) groups is 1. The Morgan fingerprint density at radius 3 is 2.24 bits per heavy atom. The molecule has 0 aromatic heterocycles. The van der Waals surface area contributed by atoms with E-state index in [4.69, 9.17) is 0 Å². The summed E-state index contributed by atoms with van der Waals surface area (Å²) in [7, 11) is -0.506. The van der Waals surface area contributed by atoms with Gasteiger partial charge in [0, 0.05) is 66.7 Å². The predicted molar refractivity (Wildman–Crippen MR) is 239 cm³/mol. The van der Waals surface area contributed by atoms with Crippen LogP contribution in [0.25, 0.3) is 21.9 Å². The summed E-state index contributed by atoms with van der Waals surface area (Å²) in [6, 6.07) is 43.8. The van der Waals surface area contributed by atoms with Crippen molar-refractivity contribution in [1.29, 1.82) is 0 Å². The highest BCUT2D eigenvalue weighted by atomic mass is 32.2. The van der Waals surface area contributed by atoms with Crippen LogP contribution in [0, 0.1) is 10.1 Å². The molecule has 1 amide bonds. The van der Waals surface area contributed by atoms with E-state index in [2.05, 4.69) is 86.6 Å². The molecule has 0 aliphatic carbocycles. The maximum Gasteiger partial charge on any atom is 0.293 e. The second kappa shape index (κ2) is 18.9. The maximum atomic E-state index is 13.4. The minimum absolute atomic E-state index is 0.140. The van der Waals surface area contributed by atoms with Crippen molar-refractivity contribution in [1.82, 2.24) is 14.5 Å². The number of nitrogens with zero attached hydrogens (tertiary/aromatic N) is 4. The molecular weight excluding hydrogens is 781 g/mol. The molecule has 304 valence electrons. The second-order valence-electron chi connectivity index (χ2n) is 14.9. The van der Waals surface area contributed by atoms with Crippen molar-refractivity contribution in [2.75, 3.05) is 62.8 Å². The number of rotatable bonds is 16. The lowest BCUT2D eigenvalue weighted by molar-refractivity contribution is -0.384. The lowest BCUT2D eigenvalue weighted by Gasteiger charge is -2.36. The minimum Gasteiger partial charge on any atom is -0.376 e. The number of carbonyl (C=O) groups is 1. The highest BCUT2D eigenvalue weighted by Crippen LogP contribution is 2.33. The molecule has 59 heavy (non-hydrogen) atoms. The third-order valence-electron chi connectivity index (χ3n) is 10.5. The Morgan fingerprint density at radius 2 is 1.49 bits per heavy atom. The van der Waals surface area contributed by atoms with E-state index in [-0.39, 0.29) is 22.2 Å². The quantitative estimate of drug-likeness (QED) is 0.0558.